The van der Waals surface area contributed by atoms with Gasteiger partial charge in [-0.25, -0.2) is 0 Å². The molecule has 0 unspecified atom stereocenters. The van der Waals surface area contributed by atoms with E-state index in [2.05, 4.69) is 0 Å². The minimum atomic E-state index is -4.35. The predicted octanol–water partition coefficient (Wildman–Crippen LogP) is 3.34. The van der Waals surface area contributed by atoms with Crippen LogP contribution in [0.5, 0.6) is 5.75 Å². The van der Waals surface area contributed by atoms with Crippen LogP contribution in [0.25, 0.3) is 0 Å². The van der Waals surface area contributed by atoms with Crippen molar-refractivity contribution in [3.05, 3.63) is 29.3 Å². The molecule has 2 N–H and O–H groups in total. The Bertz CT molecular complexity index is 363. The van der Waals surface area contributed by atoms with E-state index in [1.807, 2.05) is 6.92 Å². The predicted molar refractivity (Wildman–Crippen MR) is 59.7 cm³/mol. The van der Waals surface area contributed by atoms with Crippen molar-refractivity contribution in [3.63, 3.8) is 0 Å². The van der Waals surface area contributed by atoms with Gasteiger partial charge in [0.05, 0.1) is 12.2 Å². The Labute approximate surface area is 98.6 Å². The van der Waals surface area contributed by atoms with Crippen LogP contribution in [0.2, 0.25) is 0 Å². The first kappa shape index (κ1) is 13.8. The van der Waals surface area contributed by atoms with E-state index in [0.717, 1.165) is 25.0 Å². The molecule has 1 rings (SSSR count). The molecule has 0 aliphatic heterocycles. The van der Waals surface area contributed by atoms with Crippen molar-refractivity contribution in [2.45, 2.75) is 32.5 Å². The average Bonchev–Trinajstić information content (AvgIpc) is 2.28. The van der Waals surface area contributed by atoms with Crippen LogP contribution in [-0.2, 0) is 12.7 Å². The molecule has 0 atom stereocenters. The first-order valence-electron chi connectivity index (χ1n) is 5.52. The Hall–Kier alpha value is -1.23. The summed E-state index contributed by atoms with van der Waals surface area (Å²) >= 11 is 0. The molecule has 1 aromatic rings. The van der Waals surface area contributed by atoms with Gasteiger partial charge in [-0.15, -0.1) is 0 Å². The highest BCUT2D eigenvalue weighted by molar-refractivity contribution is 5.38. The van der Waals surface area contributed by atoms with E-state index in [-0.39, 0.29) is 12.3 Å². The van der Waals surface area contributed by atoms with Crippen LogP contribution in [-0.4, -0.2) is 6.61 Å². The van der Waals surface area contributed by atoms with Gasteiger partial charge in [-0.1, -0.05) is 19.4 Å². The molecule has 0 bridgehead atoms. The number of hydrogen-bond donors (Lipinski definition) is 1. The normalized spacial score (nSPS) is 11.6. The van der Waals surface area contributed by atoms with Gasteiger partial charge in [0.2, 0.25) is 0 Å². The lowest BCUT2D eigenvalue weighted by molar-refractivity contribution is -0.137. The largest absolute Gasteiger partial charge is 0.493 e. The van der Waals surface area contributed by atoms with Gasteiger partial charge >= 0.3 is 6.18 Å². The molecule has 0 saturated heterocycles. The lowest BCUT2D eigenvalue weighted by Crippen LogP contribution is -2.09. The smallest absolute Gasteiger partial charge is 0.416 e. The van der Waals surface area contributed by atoms with Crippen molar-refractivity contribution in [1.29, 1.82) is 0 Å². The summed E-state index contributed by atoms with van der Waals surface area (Å²) in [4.78, 5) is 0. The molecule has 1 aromatic carbocycles. The number of rotatable bonds is 5. The number of unbranched alkanes of at least 4 members (excludes halogenated alkanes) is 1. The molecule has 0 aliphatic carbocycles. The standard InChI is InChI=1S/C12H16F3NO/c1-2-3-6-17-11-7-10(12(13,14)15)5-4-9(11)8-16/h4-5,7H,2-3,6,8,16H2,1H3. The maximum atomic E-state index is 12.5. The summed E-state index contributed by atoms with van der Waals surface area (Å²) in [5, 5.41) is 0. The Kier molecular flexibility index (Phi) is 4.81. The second-order valence-corrected chi connectivity index (χ2v) is 3.73. The molecule has 0 heterocycles. The Morgan fingerprint density at radius 3 is 2.53 bits per heavy atom. The van der Waals surface area contributed by atoms with Gasteiger partial charge in [0.1, 0.15) is 5.75 Å². The zero-order valence-corrected chi connectivity index (χ0v) is 9.68. The number of benzene rings is 1. The Morgan fingerprint density at radius 2 is 2.00 bits per heavy atom. The van der Waals surface area contributed by atoms with E-state index in [9.17, 15) is 13.2 Å². The lowest BCUT2D eigenvalue weighted by atomic mass is 10.1. The summed E-state index contributed by atoms with van der Waals surface area (Å²) in [6, 6.07) is 3.40. The fraction of sp³-hybridized carbons (Fsp3) is 0.500. The van der Waals surface area contributed by atoms with Crippen molar-refractivity contribution >= 4 is 0 Å². The van der Waals surface area contributed by atoms with Crippen LogP contribution in [0.15, 0.2) is 18.2 Å². The van der Waals surface area contributed by atoms with Crippen LogP contribution in [0, 0.1) is 0 Å². The lowest BCUT2D eigenvalue weighted by Gasteiger charge is -2.13. The maximum Gasteiger partial charge on any atom is 0.416 e. The minimum Gasteiger partial charge on any atom is -0.493 e. The number of hydrogen-bond acceptors (Lipinski definition) is 2. The van der Waals surface area contributed by atoms with Crippen molar-refractivity contribution < 1.29 is 17.9 Å². The number of halogens is 3. The van der Waals surface area contributed by atoms with Crippen LogP contribution >= 0.6 is 0 Å². The number of alkyl halides is 3. The third kappa shape index (κ3) is 3.93. The fourth-order valence-corrected chi connectivity index (χ4v) is 1.36. The van der Waals surface area contributed by atoms with Crippen LogP contribution in [0.1, 0.15) is 30.9 Å². The topological polar surface area (TPSA) is 35.2 Å². The molecule has 0 radical (unpaired) electrons. The first-order chi connectivity index (χ1) is 7.99. The molecule has 5 heteroatoms. The zero-order valence-electron chi connectivity index (χ0n) is 9.68. The summed E-state index contributed by atoms with van der Waals surface area (Å²) in [7, 11) is 0. The van der Waals surface area contributed by atoms with Crippen molar-refractivity contribution in [3.8, 4) is 5.75 Å². The van der Waals surface area contributed by atoms with Crippen LogP contribution in [0.4, 0.5) is 13.2 Å². The van der Waals surface area contributed by atoms with Gasteiger partial charge in [0.15, 0.2) is 0 Å². The molecule has 0 aliphatic rings. The molecule has 2 nitrogen and oxygen atoms in total. The van der Waals surface area contributed by atoms with Crippen molar-refractivity contribution in [1.82, 2.24) is 0 Å². The second kappa shape index (κ2) is 5.91. The van der Waals surface area contributed by atoms with E-state index >= 15 is 0 Å². The van der Waals surface area contributed by atoms with Gasteiger partial charge in [-0.3, -0.25) is 0 Å². The second-order valence-electron chi connectivity index (χ2n) is 3.73. The number of nitrogens with two attached hydrogens (primary N) is 1. The summed E-state index contributed by atoms with van der Waals surface area (Å²) in [5.74, 6) is 0.232. The highest BCUT2D eigenvalue weighted by Crippen LogP contribution is 2.33. The zero-order chi connectivity index (χ0) is 12.9. The molecule has 0 spiro atoms. The molecule has 0 fully saturated rings. The highest BCUT2D eigenvalue weighted by atomic mass is 19.4. The molecule has 96 valence electrons. The van der Waals surface area contributed by atoms with Crippen LogP contribution in [0.3, 0.4) is 0 Å². The van der Waals surface area contributed by atoms with Gasteiger partial charge in [-0.05, 0) is 18.6 Å². The minimum absolute atomic E-state index is 0.166. The summed E-state index contributed by atoms with van der Waals surface area (Å²) in [6.45, 7) is 2.56. The summed E-state index contributed by atoms with van der Waals surface area (Å²) in [6.07, 6.45) is -2.62. The SMILES string of the molecule is CCCCOc1cc(C(F)(F)F)ccc1CN. The quantitative estimate of drug-likeness (QED) is 0.810. The van der Waals surface area contributed by atoms with E-state index in [4.69, 9.17) is 10.5 Å². The van der Waals surface area contributed by atoms with Crippen LogP contribution < -0.4 is 10.5 Å². The molecular formula is C12H16F3NO. The van der Waals surface area contributed by atoms with Gasteiger partial charge in [-0.2, -0.15) is 13.2 Å². The first-order valence-corrected chi connectivity index (χ1v) is 5.52. The molecule has 0 aromatic heterocycles. The third-order valence-electron chi connectivity index (χ3n) is 2.37. The summed E-state index contributed by atoms with van der Waals surface area (Å²) < 4.78 is 42.8. The van der Waals surface area contributed by atoms with Crippen molar-refractivity contribution in [2.24, 2.45) is 5.73 Å². The Balaban J connectivity index is 2.90. The van der Waals surface area contributed by atoms with E-state index in [0.29, 0.717) is 12.2 Å². The fourth-order valence-electron chi connectivity index (χ4n) is 1.36. The molecular weight excluding hydrogens is 231 g/mol. The van der Waals surface area contributed by atoms with Gasteiger partial charge in [0.25, 0.3) is 0 Å². The van der Waals surface area contributed by atoms with Gasteiger partial charge in [0, 0.05) is 12.1 Å². The van der Waals surface area contributed by atoms with E-state index in [1.54, 1.807) is 0 Å². The molecule has 0 saturated carbocycles. The third-order valence-corrected chi connectivity index (χ3v) is 2.37. The summed E-state index contributed by atoms with van der Waals surface area (Å²) in [5.41, 5.74) is 5.34. The number of ether oxygens (including phenoxy) is 1. The maximum absolute atomic E-state index is 12.5. The molecule has 17 heavy (non-hydrogen) atoms. The van der Waals surface area contributed by atoms with E-state index < -0.39 is 11.7 Å². The van der Waals surface area contributed by atoms with Gasteiger partial charge < -0.3 is 10.5 Å². The Morgan fingerprint density at radius 1 is 1.29 bits per heavy atom. The monoisotopic (exact) mass is 247 g/mol. The van der Waals surface area contributed by atoms with Crippen molar-refractivity contribution in [2.75, 3.05) is 6.61 Å². The van der Waals surface area contributed by atoms with E-state index in [1.165, 1.54) is 6.07 Å². The molecule has 0 amide bonds. The highest BCUT2D eigenvalue weighted by Gasteiger charge is 2.31. The average molecular weight is 247 g/mol.